The Morgan fingerprint density at radius 3 is 2.62 bits per heavy atom. The van der Waals surface area contributed by atoms with Gasteiger partial charge in [0, 0.05) is 32.4 Å². The van der Waals surface area contributed by atoms with Crippen LogP contribution in [0, 0.1) is 13.8 Å². The fourth-order valence-electron chi connectivity index (χ4n) is 2.76. The maximum absolute atomic E-state index is 12.4. The Morgan fingerprint density at radius 2 is 1.92 bits per heavy atom. The van der Waals surface area contributed by atoms with Gasteiger partial charge in [0.05, 0.1) is 0 Å². The molecule has 1 aliphatic rings. The van der Waals surface area contributed by atoms with Crippen LogP contribution in [0.4, 0.5) is 5.82 Å². The topological polar surface area (TPSA) is 58.6 Å². The van der Waals surface area contributed by atoms with Crippen molar-refractivity contribution in [3.8, 4) is 5.75 Å². The van der Waals surface area contributed by atoms with Gasteiger partial charge in [-0.1, -0.05) is 12.1 Å². The van der Waals surface area contributed by atoms with E-state index in [9.17, 15) is 4.79 Å². The largest absolute Gasteiger partial charge is 0.483 e. The van der Waals surface area contributed by atoms with Gasteiger partial charge >= 0.3 is 0 Å². The van der Waals surface area contributed by atoms with Crippen LogP contribution in [0.5, 0.6) is 5.75 Å². The number of carbonyl (C=O) groups excluding carboxylic acids is 1. The molecule has 1 saturated heterocycles. The highest BCUT2D eigenvalue weighted by Gasteiger charge is 2.22. The lowest BCUT2D eigenvalue weighted by Gasteiger charge is -2.35. The monoisotopic (exact) mass is 326 g/mol. The SMILES string of the molecule is Cc1cccc(OCC(=O)N2CCN(c3cccnn3)CC2)c1C. The first-order valence-corrected chi connectivity index (χ1v) is 8.14. The second kappa shape index (κ2) is 7.29. The van der Waals surface area contributed by atoms with Gasteiger partial charge in [0.15, 0.2) is 12.4 Å². The lowest BCUT2D eigenvalue weighted by molar-refractivity contribution is -0.133. The molecule has 6 heteroatoms. The van der Waals surface area contributed by atoms with Crippen LogP contribution in [-0.2, 0) is 4.79 Å². The summed E-state index contributed by atoms with van der Waals surface area (Å²) >= 11 is 0. The molecule has 1 aromatic carbocycles. The molecule has 0 unspecified atom stereocenters. The van der Waals surface area contributed by atoms with Crippen LogP contribution >= 0.6 is 0 Å². The summed E-state index contributed by atoms with van der Waals surface area (Å²) in [6.45, 7) is 6.99. The summed E-state index contributed by atoms with van der Waals surface area (Å²) in [4.78, 5) is 16.4. The zero-order chi connectivity index (χ0) is 16.9. The van der Waals surface area contributed by atoms with Gasteiger partial charge in [0.1, 0.15) is 5.75 Å². The molecule has 126 valence electrons. The van der Waals surface area contributed by atoms with Crippen molar-refractivity contribution < 1.29 is 9.53 Å². The fourth-order valence-corrected chi connectivity index (χ4v) is 2.76. The Kier molecular flexibility index (Phi) is 4.93. The summed E-state index contributed by atoms with van der Waals surface area (Å²) in [5, 5.41) is 8.01. The Morgan fingerprint density at radius 1 is 1.12 bits per heavy atom. The van der Waals surface area contributed by atoms with Crippen LogP contribution in [0.3, 0.4) is 0 Å². The van der Waals surface area contributed by atoms with Crippen LogP contribution in [0.1, 0.15) is 11.1 Å². The Balaban J connectivity index is 1.51. The molecule has 6 nitrogen and oxygen atoms in total. The van der Waals surface area contributed by atoms with E-state index in [2.05, 4.69) is 15.1 Å². The smallest absolute Gasteiger partial charge is 0.260 e. The normalized spacial score (nSPS) is 14.6. The van der Waals surface area contributed by atoms with Crippen LogP contribution in [-0.4, -0.2) is 53.8 Å². The minimum atomic E-state index is 0.0229. The Bertz CT molecular complexity index is 697. The molecule has 1 aliphatic heterocycles. The molecule has 0 N–H and O–H groups in total. The molecule has 2 aromatic rings. The van der Waals surface area contributed by atoms with Gasteiger partial charge in [-0.05, 0) is 43.2 Å². The highest BCUT2D eigenvalue weighted by molar-refractivity contribution is 5.78. The lowest BCUT2D eigenvalue weighted by Crippen LogP contribution is -2.50. The number of piperazine rings is 1. The van der Waals surface area contributed by atoms with E-state index in [1.54, 1.807) is 6.20 Å². The van der Waals surface area contributed by atoms with Crippen molar-refractivity contribution >= 4 is 11.7 Å². The first kappa shape index (κ1) is 16.2. The van der Waals surface area contributed by atoms with E-state index in [4.69, 9.17) is 4.74 Å². The zero-order valence-electron chi connectivity index (χ0n) is 14.1. The highest BCUT2D eigenvalue weighted by Crippen LogP contribution is 2.20. The molecule has 0 aliphatic carbocycles. The predicted octanol–water partition coefficient (Wildman–Crippen LogP) is 1.82. The van der Waals surface area contributed by atoms with Gasteiger partial charge in [0.2, 0.25) is 0 Å². The van der Waals surface area contributed by atoms with Crippen LogP contribution in [0.25, 0.3) is 0 Å². The number of benzene rings is 1. The van der Waals surface area contributed by atoms with Crippen molar-refractivity contribution in [2.75, 3.05) is 37.7 Å². The molecule has 0 spiro atoms. The molecule has 1 amide bonds. The summed E-state index contributed by atoms with van der Waals surface area (Å²) in [5.74, 6) is 1.66. The minimum absolute atomic E-state index is 0.0229. The molecule has 0 bridgehead atoms. The fraction of sp³-hybridized carbons (Fsp3) is 0.389. The van der Waals surface area contributed by atoms with Crippen molar-refractivity contribution in [1.82, 2.24) is 15.1 Å². The van der Waals surface area contributed by atoms with Gasteiger partial charge in [-0.2, -0.15) is 5.10 Å². The highest BCUT2D eigenvalue weighted by atomic mass is 16.5. The van der Waals surface area contributed by atoms with Crippen molar-refractivity contribution in [1.29, 1.82) is 0 Å². The van der Waals surface area contributed by atoms with Crippen molar-refractivity contribution in [2.45, 2.75) is 13.8 Å². The van der Waals surface area contributed by atoms with Gasteiger partial charge in [0.25, 0.3) is 5.91 Å². The quantitative estimate of drug-likeness (QED) is 0.858. The molecule has 24 heavy (non-hydrogen) atoms. The second-order valence-electron chi connectivity index (χ2n) is 5.94. The number of hydrogen-bond acceptors (Lipinski definition) is 5. The number of rotatable bonds is 4. The standard InChI is InChI=1S/C18H22N4O2/c1-14-5-3-6-16(15(14)2)24-13-18(23)22-11-9-21(10-12-22)17-7-4-8-19-20-17/h3-8H,9-13H2,1-2H3. The van der Waals surface area contributed by atoms with E-state index < -0.39 is 0 Å². The van der Waals surface area contributed by atoms with Gasteiger partial charge in [-0.25, -0.2) is 0 Å². The number of anilines is 1. The van der Waals surface area contributed by atoms with Gasteiger partial charge < -0.3 is 14.5 Å². The molecule has 3 rings (SSSR count). The first-order valence-electron chi connectivity index (χ1n) is 8.14. The molecule has 1 aromatic heterocycles. The average molecular weight is 326 g/mol. The van der Waals surface area contributed by atoms with E-state index >= 15 is 0 Å². The number of aryl methyl sites for hydroxylation is 1. The predicted molar refractivity (Wildman–Crippen MR) is 92.2 cm³/mol. The molecular formula is C18H22N4O2. The van der Waals surface area contributed by atoms with E-state index in [0.717, 1.165) is 35.8 Å². The molecule has 2 heterocycles. The molecule has 0 atom stereocenters. The van der Waals surface area contributed by atoms with E-state index in [1.807, 2.05) is 49.1 Å². The molecule has 0 saturated carbocycles. The molecule has 1 fully saturated rings. The Labute approximate surface area is 142 Å². The third-order valence-electron chi connectivity index (χ3n) is 4.42. The van der Waals surface area contributed by atoms with Crippen LogP contribution in [0.15, 0.2) is 36.5 Å². The average Bonchev–Trinajstić information content (AvgIpc) is 2.63. The van der Waals surface area contributed by atoms with E-state index in [0.29, 0.717) is 13.1 Å². The van der Waals surface area contributed by atoms with Crippen molar-refractivity contribution in [3.63, 3.8) is 0 Å². The summed E-state index contributed by atoms with van der Waals surface area (Å²) in [6.07, 6.45) is 1.66. The summed E-state index contributed by atoms with van der Waals surface area (Å²) in [7, 11) is 0. The number of hydrogen-bond donors (Lipinski definition) is 0. The van der Waals surface area contributed by atoms with Crippen molar-refractivity contribution in [3.05, 3.63) is 47.7 Å². The zero-order valence-corrected chi connectivity index (χ0v) is 14.1. The minimum Gasteiger partial charge on any atom is -0.483 e. The number of nitrogens with zero attached hydrogens (tertiary/aromatic N) is 4. The number of carbonyl (C=O) groups is 1. The van der Waals surface area contributed by atoms with E-state index in [-0.39, 0.29) is 12.5 Å². The summed E-state index contributed by atoms with van der Waals surface area (Å²) in [5.41, 5.74) is 2.25. The summed E-state index contributed by atoms with van der Waals surface area (Å²) < 4.78 is 5.72. The number of aromatic nitrogens is 2. The van der Waals surface area contributed by atoms with E-state index in [1.165, 1.54) is 0 Å². The third-order valence-corrected chi connectivity index (χ3v) is 4.42. The van der Waals surface area contributed by atoms with Crippen molar-refractivity contribution in [2.24, 2.45) is 0 Å². The number of ether oxygens (including phenoxy) is 1. The third kappa shape index (κ3) is 3.64. The van der Waals surface area contributed by atoms with Crippen LogP contribution < -0.4 is 9.64 Å². The maximum Gasteiger partial charge on any atom is 0.260 e. The number of amides is 1. The molecule has 0 radical (unpaired) electrons. The van der Waals surface area contributed by atoms with Crippen LogP contribution in [0.2, 0.25) is 0 Å². The van der Waals surface area contributed by atoms with Gasteiger partial charge in [-0.15, -0.1) is 5.10 Å². The first-order chi connectivity index (χ1) is 11.6. The second-order valence-corrected chi connectivity index (χ2v) is 5.94. The Hall–Kier alpha value is -2.63. The molecular weight excluding hydrogens is 304 g/mol. The maximum atomic E-state index is 12.4. The van der Waals surface area contributed by atoms with Gasteiger partial charge in [-0.3, -0.25) is 4.79 Å². The summed E-state index contributed by atoms with van der Waals surface area (Å²) in [6, 6.07) is 9.70. The lowest BCUT2D eigenvalue weighted by atomic mass is 10.1.